The molecule has 0 aliphatic carbocycles. The summed E-state index contributed by atoms with van der Waals surface area (Å²) < 4.78 is 25.7. The van der Waals surface area contributed by atoms with Crippen molar-refractivity contribution in [3.05, 3.63) is 42.5 Å². The Morgan fingerprint density at radius 2 is 1.86 bits per heavy atom. The predicted molar refractivity (Wildman–Crippen MR) is 79.2 cm³/mol. The largest absolute Gasteiger partial charge is 0.480 e. The van der Waals surface area contributed by atoms with Gasteiger partial charge in [-0.25, -0.2) is 8.42 Å². The van der Waals surface area contributed by atoms with E-state index in [-0.39, 0.29) is 11.4 Å². The van der Waals surface area contributed by atoms with E-state index in [2.05, 4.69) is 5.92 Å². The molecular formula is C15H13NO4S. The number of hydrogen-bond donors (Lipinski definition) is 1. The van der Waals surface area contributed by atoms with Gasteiger partial charge >= 0.3 is 5.97 Å². The molecule has 0 aliphatic rings. The van der Waals surface area contributed by atoms with Gasteiger partial charge in [-0.3, -0.25) is 4.79 Å². The second-order valence-electron chi connectivity index (χ2n) is 4.38. The number of rotatable bonds is 5. The molecule has 0 unspecified atom stereocenters. The summed E-state index contributed by atoms with van der Waals surface area (Å²) in [4.78, 5) is 10.8. The fraction of sp³-hybridized carbons (Fsp3) is 0.133. The maximum Gasteiger partial charge on any atom is 0.318 e. The van der Waals surface area contributed by atoms with Crippen molar-refractivity contribution in [1.82, 2.24) is 4.31 Å². The Labute approximate surface area is 122 Å². The van der Waals surface area contributed by atoms with Gasteiger partial charge in [0.1, 0.15) is 6.54 Å². The van der Waals surface area contributed by atoms with Crippen LogP contribution in [0.2, 0.25) is 0 Å². The molecule has 0 atom stereocenters. The first kappa shape index (κ1) is 15.0. The summed E-state index contributed by atoms with van der Waals surface area (Å²) in [7, 11) is -3.94. The Kier molecular flexibility index (Phi) is 4.26. The van der Waals surface area contributed by atoms with Crippen molar-refractivity contribution >= 4 is 26.8 Å². The van der Waals surface area contributed by atoms with E-state index in [4.69, 9.17) is 11.5 Å². The summed E-state index contributed by atoms with van der Waals surface area (Å²) >= 11 is 0. The van der Waals surface area contributed by atoms with Crippen molar-refractivity contribution in [1.29, 1.82) is 0 Å². The van der Waals surface area contributed by atoms with Gasteiger partial charge in [0.05, 0.1) is 11.4 Å². The Balaban J connectivity index is 2.48. The number of terminal acetylenes is 1. The highest BCUT2D eigenvalue weighted by atomic mass is 32.2. The van der Waals surface area contributed by atoms with Crippen molar-refractivity contribution in [2.24, 2.45) is 0 Å². The molecule has 2 aromatic carbocycles. The normalized spacial score (nSPS) is 11.4. The Hall–Kier alpha value is -2.36. The quantitative estimate of drug-likeness (QED) is 0.850. The van der Waals surface area contributed by atoms with Crippen LogP contribution < -0.4 is 0 Å². The van der Waals surface area contributed by atoms with Gasteiger partial charge in [0.2, 0.25) is 10.0 Å². The van der Waals surface area contributed by atoms with Crippen molar-refractivity contribution < 1.29 is 18.3 Å². The lowest BCUT2D eigenvalue weighted by Crippen LogP contribution is -2.35. The van der Waals surface area contributed by atoms with Gasteiger partial charge < -0.3 is 5.11 Å². The van der Waals surface area contributed by atoms with E-state index in [1.807, 2.05) is 12.1 Å². The van der Waals surface area contributed by atoms with E-state index in [1.54, 1.807) is 18.2 Å². The molecule has 0 amide bonds. The number of sulfonamides is 1. The Bertz CT molecular complexity index is 821. The van der Waals surface area contributed by atoms with Crippen LogP contribution in [0.25, 0.3) is 10.8 Å². The van der Waals surface area contributed by atoms with E-state index in [9.17, 15) is 13.2 Å². The molecule has 0 aromatic heterocycles. The monoisotopic (exact) mass is 303 g/mol. The van der Waals surface area contributed by atoms with E-state index in [1.165, 1.54) is 12.1 Å². The summed E-state index contributed by atoms with van der Waals surface area (Å²) in [5.41, 5.74) is 0. The molecule has 0 spiro atoms. The molecule has 0 bridgehead atoms. The summed E-state index contributed by atoms with van der Waals surface area (Å²) in [6.07, 6.45) is 5.12. The van der Waals surface area contributed by atoms with Crippen LogP contribution in [0.15, 0.2) is 47.4 Å². The molecule has 5 nitrogen and oxygen atoms in total. The maximum absolute atomic E-state index is 12.5. The molecular weight excluding hydrogens is 290 g/mol. The lowest BCUT2D eigenvalue weighted by Gasteiger charge is -2.18. The number of nitrogens with zero attached hydrogens (tertiary/aromatic N) is 1. The summed E-state index contributed by atoms with van der Waals surface area (Å²) in [5.74, 6) is 0.915. The van der Waals surface area contributed by atoms with Gasteiger partial charge in [-0.1, -0.05) is 36.3 Å². The number of carbonyl (C=O) groups is 1. The molecule has 0 saturated carbocycles. The standard InChI is InChI=1S/C15H13NO4S/c1-2-9-16(11-15(17)18)21(19,20)14-8-7-12-5-3-4-6-13(12)10-14/h1,3-8,10H,9,11H2,(H,17,18). The first-order valence-electron chi connectivity index (χ1n) is 6.09. The van der Waals surface area contributed by atoms with Gasteiger partial charge in [0.25, 0.3) is 0 Å². The topological polar surface area (TPSA) is 74.7 Å². The van der Waals surface area contributed by atoms with Gasteiger partial charge in [-0.05, 0) is 22.9 Å². The van der Waals surface area contributed by atoms with Crippen molar-refractivity contribution in [2.75, 3.05) is 13.1 Å². The fourth-order valence-electron chi connectivity index (χ4n) is 1.96. The SMILES string of the molecule is C#CCN(CC(=O)O)S(=O)(=O)c1ccc2ccccc2c1. The maximum atomic E-state index is 12.5. The number of carboxylic acids is 1. The number of aliphatic carboxylic acids is 1. The Morgan fingerprint density at radius 1 is 1.19 bits per heavy atom. The molecule has 1 N–H and O–H groups in total. The van der Waals surface area contributed by atoms with Crippen LogP contribution >= 0.6 is 0 Å². The molecule has 0 heterocycles. The van der Waals surface area contributed by atoms with Crippen molar-refractivity contribution in [2.45, 2.75) is 4.90 Å². The third-order valence-corrected chi connectivity index (χ3v) is 4.73. The molecule has 0 saturated heterocycles. The number of fused-ring (bicyclic) bond motifs is 1. The fourth-order valence-corrected chi connectivity index (χ4v) is 3.29. The summed E-state index contributed by atoms with van der Waals surface area (Å²) in [6.45, 7) is -0.958. The first-order chi connectivity index (χ1) is 9.95. The van der Waals surface area contributed by atoms with Crippen LogP contribution in [0, 0.1) is 12.3 Å². The second-order valence-corrected chi connectivity index (χ2v) is 6.32. The second kappa shape index (κ2) is 5.95. The highest BCUT2D eigenvalue weighted by Crippen LogP contribution is 2.21. The molecule has 2 aromatic rings. The summed E-state index contributed by atoms with van der Waals surface area (Å²) in [6, 6.07) is 11.9. The average Bonchev–Trinajstić information content (AvgIpc) is 2.46. The Morgan fingerprint density at radius 3 is 2.48 bits per heavy atom. The lowest BCUT2D eigenvalue weighted by molar-refractivity contribution is -0.137. The van der Waals surface area contributed by atoms with Crippen LogP contribution in [0.3, 0.4) is 0 Å². The van der Waals surface area contributed by atoms with Crippen LogP contribution in [-0.2, 0) is 14.8 Å². The molecule has 0 radical (unpaired) electrons. The molecule has 6 heteroatoms. The van der Waals surface area contributed by atoms with Crippen molar-refractivity contribution in [3.8, 4) is 12.3 Å². The van der Waals surface area contributed by atoms with Gasteiger partial charge in [-0.2, -0.15) is 4.31 Å². The van der Waals surface area contributed by atoms with Crippen LogP contribution in [0.1, 0.15) is 0 Å². The lowest BCUT2D eigenvalue weighted by atomic mass is 10.1. The molecule has 2 rings (SSSR count). The van der Waals surface area contributed by atoms with Crippen LogP contribution in [-0.4, -0.2) is 36.9 Å². The predicted octanol–water partition coefficient (Wildman–Crippen LogP) is 1.55. The minimum absolute atomic E-state index is 0.0256. The highest BCUT2D eigenvalue weighted by Gasteiger charge is 2.25. The average molecular weight is 303 g/mol. The molecule has 108 valence electrons. The van der Waals surface area contributed by atoms with E-state index >= 15 is 0 Å². The first-order valence-corrected chi connectivity index (χ1v) is 7.53. The van der Waals surface area contributed by atoms with Crippen LogP contribution in [0.4, 0.5) is 0 Å². The van der Waals surface area contributed by atoms with E-state index in [0.717, 1.165) is 15.1 Å². The van der Waals surface area contributed by atoms with E-state index < -0.39 is 22.5 Å². The molecule has 0 aliphatic heterocycles. The molecule has 0 fully saturated rings. The smallest absolute Gasteiger partial charge is 0.318 e. The minimum atomic E-state index is -3.94. The minimum Gasteiger partial charge on any atom is -0.480 e. The zero-order valence-corrected chi connectivity index (χ0v) is 11.9. The zero-order valence-electron chi connectivity index (χ0n) is 11.1. The highest BCUT2D eigenvalue weighted by molar-refractivity contribution is 7.89. The zero-order chi connectivity index (χ0) is 15.5. The van der Waals surface area contributed by atoms with E-state index in [0.29, 0.717) is 0 Å². The van der Waals surface area contributed by atoms with Crippen molar-refractivity contribution in [3.63, 3.8) is 0 Å². The summed E-state index contributed by atoms with van der Waals surface area (Å²) in [5, 5.41) is 10.5. The third-order valence-electron chi connectivity index (χ3n) is 2.94. The van der Waals surface area contributed by atoms with Gasteiger partial charge in [-0.15, -0.1) is 6.42 Å². The number of hydrogen-bond acceptors (Lipinski definition) is 3. The van der Waals surface area contributed by atoms with Crippen LogP contribution in [0.5, 0.6) is 0 Å². The number of carboxylic acid groups (broad SMARTS) is 1. The number of benzene rings is 2. The third kappa shape index (κ3) is 3.21. The van der Waals surface area contributed by atoms with Gasteiger partial charge in [0, 0.05) is 0 Å². The van der Waals surface area contributed by atoms with Gasteiger partial charge in [0.15, 0.2) is 0 Å². The molecule has 21 heavy (non-hydrogen) atoms.